The van der Waals surface area contributed by atoms with Gasteiger partial charge in [0.2, 0.25) is 0 Å². The van der Waals surface area contributed by atoms with Gasteiger partial charge in [-0.25, -0.2) is 9.18 Å². The summed E-state index contributed by atoms with van der Waals surface area (Å²) in [6.45, 7) is -0.474. The highest BCUT2D eigenvalue weighted by Crippen LogP contribution is 2.26. The summed E-state index contributed by atoms with van der Waals surface area (Å²) in [5.74, 6) is -1.70. The minimum Gasteiger partial charge on any atom is -0.494 e. The van der Waals surface area contributed by atoms with Crippen molar-refractivity contribution in [1.29, 1.82) is 0 Å². The van der Waals surface area contributed by atoms with Gasteiger partial charge in [-0.05, 0) is 47.2 Å². The maximum atomic E-state index is 13.7. The second-order valence-electron chi connectivity index (χ2n) is 5.40. The number of hydrogen-bond acceptors (Lipinski definition) is 6. The minimum absolute atomic E-state index is 0.0439. The number of Topliss-reactive ketones (excluding diaryl/α,β-unsaturated/α-hetero) is 1. The Kier molecular flexibility index (Phi) is 6.16. The number of carbonyl (C=O) groups excluding carboxylic acids is 2. The van der Waals surface area contributed by atoms with E-state index in [9.17, 15) is 14.0 Å². The van der Waals surface area contributed by atoms with Crippen LogP contribution in [0.3, 0.4) is 0 Å². The number of halogens is 1. The Morgan fingerprint density at radius 2 is 1.89 bits per heavy atom. The first-order valence-corrected chi connectivity index (χ1v) is 9.67. The summed E-state index contributed by atoms with van der Waals surface area (Å²) in [7, 11) is 1.34. The highest BCUT2D eigenvalue weighted by Gasteiger charge is 2.18. The van der Waals surface area contributed by atoms with Crippen LogP contribution >= 0.6 is 22.7 Å². The van der Waals surface area contributed by atoms with Crippen LogP contribution in [0.5, 0.6) is 5.75 Å². The third-order valence-corrected chi connectivity index (χ3v) is 5.37. The number of hydrogen-bond donors (Lipinski definition) is 0. The van der Waals surface area contributed by atoms with E-state index in [-0.39, 0.29) is 11.3 Å². The van der Waals surface area contributed by atoms with E-state index in [0.29, 0.717) is 5.57 Å². The zero-order valence-corrected chi connectivity index (χ0v) is 15.9. The highest BCUT2D eigenvalue weighted by molar-refractivity contribution is 7.12. The summed E-state index contributed by atoms with van der Waals surface area (Å²) >= 11 is 2.90. The summed E-state index contributed by atoms with van der Waals surface area (Å²) in [5, 5.41) is 3.76. The van der Waals surface area contributed by atoms with Crippen molar-refractivity contribution in [3.05, 3.63) is 74.4 Å². The average molecular weight is 402 g/mol. The number of carbonyl (C=O) groups is 2. The van der Waals surface area contributed by atoms with Crippen molar-refractivity contribution in [2.24, 2.45) is 0 Å². The number of rotatable bonds is 7. The van der Waals surface area contributed by atoms with Crippen molar-refractivity contribution in [3.8, 4) is 5.75 Å². The number of ether oxygens (including phenoxy) is 2. The largest absolute Gasteiger partial charge is 0.494 e. The third kappa shape index (κ3) is 4.69. The third-order valence-electron chi connectivity index (χ3n) is 3.64. The molecule has 2 aromatic heterocycles. The van der Waals surface area contributed by atoms with E-state index >= 15 is 0 Å². The molecular formula is C20H15FO4S2. The molecule has 0 aliphatic heterocycles. The smallest absolute Gasteiger partial charge is 0.340 e. The molecule has 0 atom stereocenters. The second kappa shape index (κ2) is 8.75. The molecule has 3 aromatic rings. The number of methoxy groups -OCH3 is 1. The molecule has 0 N–H and O–H groups in total. The number of thiophene rings is 2. The first-order chi connectivity index (χ1) is 13.1. The van der Waals surface area contributed by atoms with Gasteiger partial charge in [0.1, 0.15) is 0 Å². The average Bonchev–Trinajstić information content (AvgIpc) is 3.37. The van der Waals surface area contributed by atoms with Crippen LogP contribution in [0.15, 0.2) is 53.2 Å². The fraction of sp³-hybridized carbons (Fsp3) is 0.100. The Morgan fingerprint density at radius 3 is 2.52 bits per heavy atom. The Labute approximate surface area is 163 Å². The molecule has 27 heavy (non-hydrogen) atoms. The van der Waals surface area contributed by atoms with Gasteiger partial charge < -0.3 is 9.47 Å². The minimum atomic E-state index is -0.647. The van der Waals surface area contributed by atoms with Gasteiger partial charge in [-0.1, -0.05) is 12.1 Å². The summed E-state index contributed by atoms with van der Waals surface area (Å²) in [6, 6.07) is 11.3. The van der Waals surface area contributed by atoms with Crippen molar-refractivity contribution in [2.75, 3.05) is 13.7 Å². The first-order valence-electron chi connectivity index (χ1n) is 7.91. The van der Waals surface area contributed by atoms with Crippen LogP contribution in [0, 0.1) is 5.82 Å². The zero-order valence-electron chi connectivity index (χ0n) is 14.3. The van der Waals surface area contributed by atoms with E-state index in [1.165, 1.54) is 41.9 Å². The number of esters is 1. The van der Waals surface area contributed by atoms with Gasteiger partial charge in [-0.15, -0.1) is 22.7 Å². The van der Waals surface area contributed by atoms with Crippen molar-refractivity contribution in [2.45, 2.75) is 0 Å². The van der Waals surface area contributed by atoms with Gasteiger partial charge >= 0.3 is 5.97 Å². The molecule has 138 valence electrons. The highest BCUT2D eigenvalue weighted by atomic mass is 32.1. The van der Waals surface area contributed by atoms with E-state index in [2.05, 4.69) is 0 Å². The lowest BCUT2D eigenvalue weighted by Gasteiger charge is -2.08. The van der Waals surface area contributed by atoms with Crippen LogP contribution in [-0.2, 0) is 9.53 Å². The maximum absolute atomic E-state index is 13.7. The molecule has 0 aliphatic carbocycles. The lowest BCUT2D eigenvalue weighted by molar-refractivity contribution is -0.135. The fourth-order valence-electron chi connectivity index (χ4n) is 2.31. The molecule has 0 amide bonds. The van der Waals surface area contributed by atoms with Crippen molar-refractivity contribution < 1.29 is 23.5 Å². The zero-order chi connectivity index (χ0) is 19.2. The standard InChI is InChI=1S/C20H15FO4S2/c1-24-18-7-6-13(10-16(18)21)17(22)12-25-20(23)15(19-5-3-9-27-19)11-14-4-2-8-26-14/h2-11H,12H2,1H3/b15-11+. The number of ketones is 1. The van der Waals surface area contributed by atoms with Gasteiger partial charge in [0, 0.05) is 15.3 Å². The van der Waals surface area contributed by atoms with Crippen molar-refractivity contribution in [1.82, 2.24) is 0 Å². The monoisotopic (exact) mass is 402 g/mol. The predicted molar refractivity (Wildman–Crippen MR) is 105 cm³/mol. The summed E-state index contributed by atoms with van der Waals surface area (Å²) in [4.78, 5) is 26.4. The summed E-state index contributed by atoms with van der Waals surface area (Å²) in [5.41, 5.74) is 0.488. The van der Waals surface area contributed by atoms with E-state index in [0.717, 1.165) is 15.8 Å². The van der Waals surface area contributed by atoms with E-state index in [1.54, 1.807) is 6.08 Å². The molecule has 0 saturated carbocycles. The maximum Gasteiger partial charge on any atom is 0.340 e. The molecule has 2 heterocycles. The van der Waals surface area contributed by atoms with Crippen LogP contribution < -0.4 is 4.74 Å². The predicted octanol–water partition coefficient (Wildman–Crippen LogP) is 4.92. The van der Waals surface area contributed by atoms with Crippen LogP contribution in [0.4, 0.5) is 4.39 Å². The Bertz CT molecular complexity index is 960. The van der Waals surface area contributed by atoms with Crippen LogP contribution in [-0.4, -0.2) is 25.5 Å². The fourth-order valence-corrected chi connectivity index (χ4v) is 3.70. The molecule has 3 rings (SSSR count). The van der Waals surface area contributed by atoms with Crippen LogP contribution in [0.25, 0.3) is 11.6 Å². The number of benzene rings is 1. The quantitative estimate of drug-likeness (QED) is 0.320. The van der Waals surface area contributed by atoms with E-state index in [1.807, 2.05) is 35.0 Å². The van der Waals surface area contributed by atoms with E-state index in [4.69, 9.17) is 9.47 Å². The molecule has 0 spiro atoms. The first kappa shape index (κ1) is 19.0. The lowest BCUT2D eigenvalue weighted by Crippen LogP contribution is -2.15. The molecule has 0 fully saturated rings. The molecule has 7 heteroatoms. The van der Waals surface area contributed by atoms with Crippen molar-refractivity contribution >= 4 is 46.1 Å². The lowest BCUT2D eigenvalue weighted by atomic mass is 10.1. The molecule has 0 radical (unpaired) electrons. The molecule has 0 bridgehead atoms. The van der Waals surface area contributed by atoms with Gasteiger partial charge in [-0.2, -0.15) is 0 Å². The Morgan fingerprint density at radius 1 is 1.11 bits per heavy atom. The van der Waals surface area contributed by atoms with Gasteiger partial charge in [0.15, 0.2) is 24.0 Å². The Balaban J connectivity index is 1.73. The molecule has 0 aliphatic rings. The normalized spacial score (nSPS) is 11.3. The molecule has 0 saturated heterocycles. The molecule has 4 nitrogen and oxygen atoms in total. The Hall–Kier alpha value is -2.77. The molecule has 1 aromatic carbocycles. The van der Waals surface area contributed by atoms with E-state index < -0.39 is 24.2 Å². The van der Waals surface area contributed by atoms with Gasteiger partial charge in [0.25, 0.3) is 0 Å². The van der Waals surface area contributed by atoms with Gasteiger partial charge in [-0.3, -0.25) is 4.79 Å². The molecule has 0 unspecified atom stereocenters. The SMILES string of the molecule is COc1ccc(C(=O)COC(=O)/C(=C/c2cccs2)c2cccs2)cc1F. The van der Waals surface area contributed by atoms with Gasteiger partial charge in [0.05, 0.1) is 12.7 Å². The van der Waals surface area contributed by atoms with Crippen LogP contribution in [0.2, 0.25) is 0 Å². The van der Waals surface area contributed by atoms with Crippen LogP contribution in [0.1, 0.15) is 20.1 Å². The summed E-state index contributed by atoms with van der Waals surface area (Å²) < 4.78 is 23.8. The van der Waals surface area contributed by atoms with Crippen molar-refractivity contribution in [3.63, 3.8) is 0 Å². The molecular weight excluding hydrogens is 387 g/mol. The second-order valence-corrected chi connectivity index (χ2v) is 7.33. The summed E-state index contributed by atoms with van der Waals surface area (Å²) in [6.07, 6.45) is 1.73. The topological polar surface area (TPSA) is 52.6 Å².